The second kappa shape index (κ2) is 11.3. The number of sulfonamides is 1. The van der Waals surface area contributed by atoms with E-state index in [0.29, 0.717) is 24.6 Å². The van der Waals surface area contributed by atoms with E-state index in [9.17, 15) is 17.6 Å². The Morgan fingerprint density at radius 3 is 2.38 bits per heavy atom. The number of nitrogens with one attached hydrogen (secondary N) is 1. The predicted octanol–water partition coefficient (Wildman–Crippen LogP) is 3.02. The van der Waals surface area contributed by atoms with Crippen LogP contribution in [0.3, 0.4) is 0 Å². The van der Waals surface area contributed by atoms with E-state index in [-0.39, 0.29) is 11.4 Å². The van der Waals surface area contributed by atoms with Crippen molar-refractivity contribution in [3.63, 3.8) is 0 Å². The summed E-state index contributed by atoms with van der Waals surface area (Å²) < 4.78 is 46.3. The van der Waals surface area contributed by atoms with Crippen molar-refractivity contribution in [2.45, 2.75) is 31.1 Å². The van der Waals surface area contributed by atoms with Crippen LogP contribution in [0.1, 0.15) is 26.2 Å². The largest absolute Gasteiger partial charge is 0.494 e. The number of carbonyl (C=O) groups excluding carboxylic acids is 1. The molecular formula is C23H30FN3O4S. The lowest BCUT2D eigenvalue weighted by molar-refractivity contribution is -0.119. The quantitative estimate of drug-likeness (QED) is 0.519. The molecule has 0 atom stereocenters. The van der Waals surface area contributed by atoms with Crippen molar-refractivity contribution in [2.24, 2.45) is 0 Å². The first-order valence-corrected chi connectivity index (χ1v) is 12.3. The van der Waals surface area contributed by atoms with Crippen LogP contribution in [-0.2, 0) is 14.8 Å². The van der Waals surface area contributed by atoms with E-state index in [2.05, 4.69) is 10.2 Å². The fourth-order valence-electron chi connectivity index (χ4n) is 3.65. The number of anilines is 1. The molecule has 1 heterocycles. The van der Waals surface area contributed by atoms with Crippen LogP contribution in [0, 0.1) is 5.82 Å². The van der Waals surface area contributed by atoms with Crippen LogP contribution >= 0.6 is 0 Å². The third-order valence-electron chi connectivity index (χ3n) is 5.30. The number of benzene rings is 2. The first-order valence-electron chi connectivity index (χ1n) is 10.9. The topological polar surface area (TPSA) is 79.0 Å². The van der Waals surface area contributed by atoms with E-state index >= 15 is 0 Å². The van der Waals surface area contributed by atoms with Crippen molar-refractivity contribution >= 4 is 21.6 Å². The monoisotopic (exact) mass is 463 g/mol. The Kier molecular flexibility index (Phi) is 8.46. The third-order valence-corrected chi connectivity index (χ3v) is 7.08. The molecule has 1 amide bonds. The van der Waals surface area contributed by atoms with Gasteiger partial charge in [0.2, 0.25) is 5.91 Å². The molecule has 1 fully saturated rings. The van der Waals surface area contributed by atoms with Gasteiger partial charge in [0, 0.05) is 6.54 Å². The standard InChI is InChI=1S/C23H30FN3O4S/c1-2-31-21-10-8-20(9-11-21)27(32(29,30)22-12-6-19(24)7-13-22)18-23(28)25-14-5-17-26-15-3-4-16-26/h6-13H,2-5,14-18H2,1H3,(H,25,28). The number of ether oxygens (including phenoxy) is 1. The molecule has 0 bridgehead atoms. The van der Waals surface area contributed by atoms with Crippen molar-refractivity contribution in [1.82, 2.24) is 10.2 Å². The molecule has 2 aromatic carbocycles. The highest BCUT2D eigenvalue weighted by Crippen LogP contribution is 2.26. The van der Waals surface area contributed by atoms with Crippen LogP contribution in [0.2, 0.25) is 0 Å². The maximum absolute atomic E-state index is 13.3. The van der Waals surface area contributed by atoms with Crippen molar-refractivity contribution in [2.75, 3.05) is 43.6 Å². The van der Waals surface area contributed by atoms with Crippen molar-refractivity contribution in [1.29, 1.82) is 0 Å². The zero-order valence-corrected chi connectivity index (χ0v) is 19.1. The number of hydrogen-bond donors (Lipinski definition) is 1. The zero-order valence-electron chi connectivity index (χ0n) is 18.3. The summed E-state index contributed by atoms with van der Waals surface area (Å²) in [4.78, 5) is 14.9. The van der Waals surface area contributed by atoms with Crippen LogP contribution in [0.4, 0.5) is 10.1 Å². The summed E-state index contributed by atoms with van der Waals surface area (Å²) in [6.07, 6.45) is 3.23. The predicted molar refractivity (Wildman–Crippen MR) is 122 cm³/mol. The Hall–Kier alpha value is -2.65. The summed E-state index contributed by atoms with van der Waals surface area (Å²) in [6.45, 7) is 5.53. The molecule has 174 valence electrons. The lowest BCUT2D eigenvalue weighted by atomic mass is 10.3. The molecule has 0 saturated carbocycles. The highest BCUT2D eigenvalue weighted by molar-refractivity contribution is 7.92. The van der Waals surface area contributed by atoms with Gasteiger partial charge in [0.15, 0.2) is 0 Å². The summed E-state index contributed by atoms with van der Waals surface area (Å²) >= 11 is 0. The molecule has 0 radical (unpaired) electrons. The van der Waals surface area contributed by atoms with Crippen LogP contribution in [0.5, 0.6) is 5.75 Å². The second-order valence-corrected chi connectivity index (χ2v) is 9.51. The smallest absolute Gasteiger partial charge is 0.264 e. The minimum atomic E-state index is -4.08. The average Bonchev–Trinajstić information content (AvgIpc) is 3.30. The first kappa shape index (κ1) is 24.0. The van der Waals surface area contributed by atoms with Gasteiger partial charge in [-0.1, -0.05) is 0 Å². The number of carbonyl (C=O) groups is 1. The molecule has 1 N–H and O–H groups in total. The molecule has 2 aromatic rings. The van der Waals surface area contributed by atoms with E-state index in [1.54, 1.807) is 24.3 Å². The molecule has 9 heteroatoms. The minimum Gasteiger partial charge on any atom is -0.494 e. The summed E-state index contributed by atoms with van der Waals surface area (Å²) in [5.74, 6) is -0.333. The highest BCUT2D eigenvalue weighted by atomic mass is 32.2. The van der Waals surface area contributed by atoms with Gasteiger partial charge in [0.25, 0.3) is 10.0 Å². The van der Waals surface area contributed by atoms with Crippen molar-refractivity contribution < 1.29 is 22.3 Å². The van der Waals surface area contributed by atoms with Crippen molar-refractivity contribution in [3.05, 3.63) is 54.3 Å². The van der Waals surface area contributed by atoms with Gasteiger partial charge in [0.1, 0.15) is 18.1 Å². The highest BCUT2D eigenvalue weighted by Gasteiger charge is 2.27. The molecule has 1 aliphatic heterocycles. The van der Waals surface area contributed by atoms with Gasteiger partial charge in [-0.25, -0.2) is 12.8 Å². The first-order chi connectivity index (χ1) is 15.4. The Morgan fingerprint density at radius 1 is 1.09 bits per heavy atom. The van der Waals surface area contributed by atoms with E-state index in [0.717, 1.165) is 42.5 Å². The molecule has 0 aliphatic carbocycles. The number of nitrogens with zero attached hydrogens (tertiary/aromatic N) is 2. The van der Waals surface area contributed by atoms with E-state index in [4.69, 9.17) is 4.74 Å². The summed E-state index contributed by atoms with van der Waals surface area (Å²) in [7, 11) is -4.08. The molecular weight excluding hydrogens is 433 g/mol. The lowest BCUT2D eigenvalue weighted by Crippen LogP contribution is -2.41. The molecule has 0 spiro atoms. The van der Waals surface area contributed by atoms with Crippen LogP contribution in [-0.4, -0.2) is 58.6 Å². The van der Waals surface area contributed by atoms with Crippen molar-refractivity contribution in [3.8, 4) is 5.75 Å². The fraction of sp³-hybridized carbons (Fsp3) is 0.435. The summed E-state index contributed by atoms with van der Waals surface area (Å²) in [6, 6.07) is 11.0. The van der Waals surface area contributed by atoms with Gasteiger partial charge in [-0.15, -0.1) is 0 Å². The van der Waals surface area contributed by atoms with Crippen LogP contribution in [0.25, 0.3) is 0 Å². The van der Waals surface area contributed by atoms with E-state index < -0.39 is 21.7 Å². The Labute approximate surface area is 189 Å². The molecule has 32 heavy (non-hydrogen) atoms. The number of hydrogen-bond acceptors (Lipinski definition) is 5. The van der Waals surface area contributed by atoms with E-state index in [1.807, 2.05) is 6.92 Å². The number of rotatable bonds is 11. The van der Waals surface area contributed by atoms with Gasteiger partial charge in [0.05, 0.1) is 17.2 Å². The second-order valence-electron chi connectivity index (χ2n) is 7.64. The molecule has 3 rings (SSSR count). The molecule has 7 nitrogen and oxygen atoms in total. The minimum absolute atomic E-state index is 0.0883. The number of likely N-dealkylation sites (tertiary alicyclic amines) is 1. The molecule has 0 aromatic heterocycles. The summed E-state index contributed by atoms with van der Waals surface area (Å²) in [5.41, 5.74) is 0.324. The number of amides is 1. The van der Waals surface area contributed by atoms with Gasteiger partial charge < -0.3 is 15.0 Å². The Balaban J connectivity index is 1.72. The SMILES string of the molecule is CCOc1ccc(N(CC(=O)NCCCN2CCCC2)S(=O)(=O)c2ccc(F)cc2)cc1. The maximum atomic E-state index is 13.3. The number of halogens is 1. The van der Waals surface area contributed by atoms with E-state index in [1.165, 1.54) is 25.0 Å². The lowest BCUT2D eigenvalue weighted by Gasteiger charge is -2.24. The summed E-state index contributed by atoms with van der Waals surface area (Å²) in [5, 5.41) is 2.81. The van der Waals surface area contributed by atoms with Crippen LogP contribution < -0.4 is 14.4 Å². The normalized spacial score (nSPS) is 14.3. The van der Waals surface area contributed by atoms with Crippen LogP contribution in [0.15, 0.2) is 53.4 Å². The van der Waals surface area contributed by atoms with Gasteiger partial charge >= 0.3 is 0 Å². The molecule has 1 saturated heterocycles. The van der Waals surface area contributed by atoms with Gasteiger partial charge in [-0.2, -0.15) is 0 Å². The Morgan fingerprint density at radius 2 is 1.75 bits per heavy atom. The fourth-order valence-corrected chi connectivity index (χ4v) is 5.07. The molecule has 1 aliphatic rings. The average molecular weight is 464 g/mol. The third kappa shape index (κ3) is 6.43. The van der Waals surface area contributed by atoms with Gasteiger partial charge in [-0.3, -0.25) is 9.10 Å². The van der Waals surface area contributed by atoms with Gasteiger partial charge in [-0.05, 0) is 94.4 Å². The zero-order chi connectivity index (χ0) is 23.0. The Bertz CT molecular complexity index is 975. The molecule has 0 unspecified atom stereocenters. The maximum Gasteiger partial charge on any atom is 0.264 e.